The first-order valence-electron chi connectivity index (χ1n) is 10.1. The first-order valence-corrected chi connectivity index (χ1v) is 11.5. The Morgan fingerprint density at radius 1 is 1.19 bits per heavy atom. The average molecular weight is 456 g/mol. The van der Waals surface area contributed by atoms with E-state index in [1.807, 2.05) is 0 Å². The molecule has 2 heterocycles. The normalized spacial score (nSPS) is 14.4. The number of nitrogens with zero attached hydrogens (tertiary/aromatic N) is 3. The van der Waals surface area contributed by atoms with Crippen molar-refractivity contribution in [1.29, 1.82) is 0 Å². The van der Waals surface area contributed by atoms with Gasteiger partial charge in [-0.2, -0.15) is 4.98 Å². The van der Waals surface area contributed by atoms with Gasteiger partial charge in [0.2, 0.25) is 5.89 Å². The number of sulfonamides is 1. The molecule has 2 aromatic heterocycles. The van der Waals surface area contributed by atoms with Crippen LogP contribution in [-0.4, -0.2) is 30.2 Å². The van der Waals surface area contributed by atoms with Gasteiger partial charge >= 0.3 is 5.76 Å². The van der Waals surface area contributed by atoms with Gasteiger partial charge < -0.3 is 13.7 Å². The number of ether oxygens (including phenoxy) is 1. The van der Waals surface area contributed by atoms with E-state index in [0.717, 1.165) is 19.3 Å². The molecule has 0 saturated heterocycles. The molecule has 0 spiro atoms. The number of nitrogens with one attached hydrogen (secondary N) is 1. The minimum Gasteiger partial charge on any atom is -0.497 e. The molecule has 1 aliphatic carbocycles. The highest BCUT2D eigenvalue weighted by atomic mass is 32.2. The molecule has 5 rings (SSSR count). The third-order valence-corrected chi connectivity index (χ3v) is 6.91. The zero-order chi connectivity index (χ0) is 22.3. The molecule has 0 unspecified atom stereocenters. The van der Waals surface area contributed by atoms with Crippen molar-refractivity contribution in [3.05, 3.63) is 64.7 Å². The molecule has 1 N–H and O–H groups in total. The van der Waals surface area contributed by atoms with E-state index in [9.17, 15) is 13.2 Å². The summed E-state index contributed by atoms with van der Waals surface area (Å²) in [6, 6.07) is 10.7. The standard InChI is InChI=1S/C21H20N4O6S/c1-29-15-7-5-14(6-8-15)24-32(27,28)16-9-10-17-18(11-16)30-21(26)25(17)12-19-22-20(31-23-19)13-3-2-4-13/h5-11,13,24H,2-4,12H2,1H3. The number of rotatable bonds is 7. The molecule has 0 amide bonds. The average Bonchev–Trinajstić information content (AvgIpc) is 3.31. The fourth-order valence-electron chi connectivity index (χ4n) is 3.53. The summed E-state index contributed by atoms with van der Waals surface area (Å²) in [5, 5.41) is 3.96. The summed E-state index contributed by atoms with van der Waals surface area (Å²) in [6.07, 6.45) is 3.20. The Hall–Kier alpha value is -3.60. The molecule has 1 aliphatic rings. The number of fused-ring (bicyclic) bond motifs is 1. The Morgan fingerprint density at radius 3 is 2.66 bits per heavy atom. The number of benzene rings is 2. The van der Waals surface area contributed by atoms with Gasteiger partial charge in [-0.15, -0.1) is 0 Å². The largest absolute Gasteiger partial charge is 0.497 e. The second-order valence-electron chi connectivity index (χ2n) is 7.59. The summed E-state index contributed by atoms with van der Waals surface area (Å²) < 4.78 is 45.1. The van der Waals surface area contributed by atoms with Crippen LogP contribution in [0.2, 0.25) is 0 Å². The number of hydrogen-bond donors (Lipinski definition) is 1. The fraction of sp³-hybridized carbons (Fsp3) is 0.286. The molecule has 4 aromatic rings. The zero-order valence-corrected chi connectivity index (χ0v) is 18.0. The van der Waals surface area contributed by atoms with Gasteiger partial charge in [0.05, 0.1) is 24.1 Å². The van der Waals surface area contributed by atoms with Gasteiger partial charge in [0.1, 0.15) is 5.75 Å². The van der Waals surface area contributed by atoms with Gasteiger partial charge in [0, 0.05) is 17.7 Å². The molecule has 0 aliphatic heterocycles. The van der Waals surface area contributed by atoms with Crippen molar-refractivity contribution in [2.45, 2.75) is 36.6 Å². The van der Waals surface area contributed by atoms with E-state index < -0.39 is 15.8 Å². The number of methoxy groups -OCH3 is 1. The predicted octanol–water partition coefficient (Wildman–Crippen LogP) is 3.10. The highest BCUT2D eigenvalue weighted by Crippen LogP contribution is 2.35. The molecular formula is C21H20N4O6S. The van der Waals surface area contributed by atoms with Gasteiger partial charge in [-0.05, 0) is 49.2 Å². The highest BCUT2D eigenvalue weighted by molar-refractivity contribution is 7.92. The summed E-state index contributed by atoms with van der Waals surface area (Å²) in [5.74, 6) is 1.23. The summed E-state index contributed by atoms with van der Waals surface area (Å²) in [6.45, 7) is 0.0677. The Bertz CT molecular complexity index is 1430. The number of oxazole rings is 1. The summed E-state index contributed by atoms with van der Waals surface area (Å²) in [5.41, 5.74) is 0.966. The van der Waals surface area contributed by atoms with Crippen LogP contribution in [-0.2, 0) is 16.6 Å². The van der Waals surface area contributed by atoms with Crippen LogP contribution in [0.4, 0.5) is 5.69 Å². The molecule has 10 nitrogen and oxygen atoms in total. The number of aromatic nitrogens is 3. The zero-order valence-electron chi connectivity index (χ0n) is 17.1. The first-order chi connectivity index (χ1) is 15.4. The monoisotopic (exact) mass is 456 g/mol. The lowest BCUT2D eigenvalue weighted by Crippen LogP contribution is -2.16. The minimum absolute atomic E-state index is 0.0338. The van der Waals surface area contributed by atoms with Gasteiger partial charge in [-0.3, -0.25) is 9.29 Å². The molecule has 0 bridgehead atoms. The van der Waals surface area contributed by atoms with Gasteiger partial charge in [-0.25, -0.2) is 13.2 Å². The van der Waals surface area contributed by atoms with Crippen molar-refractivity contribution in [2.75, 3.05) is 11.8 Å². The minimum atomic E-state index is -3.89. The molecule has 1 saturated carbocycles. The number of anilines is 1. The molecule has 2 aromatic carbocycles. The lowest BCUT2D eigenvalue weighted by Gasteiger charge is -2.20. The van der Waals surface area contributed by atoms with Crippen LogP contribution >= 0.6 is 0 Å². The van der Waals surface area contributed by atoms with Crippen LogP contribution in [0.3, 0.4) is 0 Å². The smallest absolute Gasteiger partial charge is 0.420 e. The Kier molecular flexibility index (Phi) is 4.97. The maximum Gasteiger partial charge on any atom is 0.420 e. The molecule has 0 radical (unpaired) electrons. The molecular weight excluding hydrogens is 436 g/mol. The van der Waals surface area contributed by atoms with Crippen molar-refractivity contribution >= 4 is 26.8 Å². The van der Waals surface area contributed by atoms with Crippen LogP contribution in [0, 0.1) is 0 Å². The van der Waals surface area contributed by atoms with Crippen LogP contribution in [0.1, 0.15) is 36.9 Å². The van der Waals surface area contributed by atoms with Crippen molar-refractivity contribution in [2.24, 2.45) is 0 Å². The molecule has 0 atom stereocenters. The Labute approximate surface area is 182 Å². The third kappa shape index (κ3) is 3.75. The van der Waals surface area contributed by atoms with Gasteiger partial charge in [0.25, 0.3) is 10.0 Å². The van der Waals surface area contributed by atoms with Crippen LogP contribution in [0.25, 0.3) is 11.1 Å². The highest BCUT2D eigenvalue weighted by Gasteiger charge is 2.26. The van der Waals surface area contributed by atoms with Crippen molar-refractivity contribution in [3.8, 4) is 5.75 Å². The predicted molar refractivity (Wildman–Crippen MR) is 114 cm³/mol. The maximum atomic E-state index is 12.8. The summed E-state index contributed by atoms with van der Waals surface area (Å²) >= 11 is 0. The molecule has 32 heavy (non-hydrogen) atoms. The van der Waals surface area contributed by atoms with Gasteiger partial charge in [0.15, 0.2) is 11.4 Å². The van der Waals surface area contributed by atoms with Gasteiger partial charge in [-0.1, -0.05) is 11.6 Å². The molecule has 11 heteroatoms. The van der Waals surface area contributed by atoms with E-state index in [-0.39, 0.29) is 17.0 Å². The Morgan fingerprint density at radius 2 is 1.97 bits per heavy atom. The second-order valence-corrected chi connectivity index (χ2v) is 9.28. The summed E-state index contributed by atoms with van der Waals surface area (Å²) in [7, 11) is -2.36. The van der Waals surface area contributed by atoms with Crippen LogP contribution in [0.15, 0.2) is 61.1 Å². The van der Waals surface area contributed by atoms with Crippen molar-refractivity contribution in [3.63, 3.8) is 0 Å². The molecule has 166 valence electrons. The van der Waals surface area contributed by atoms with E-state index >= 15 is 0 Å². The first kappa shape index (κ1) is 20.3. The van der Waals surface area contributed by atoms with Crippen LogP contribution < -0.4 is 15.2 Å². The van der Waals surface area contributed by atoms with E-state index in [2.05, 4.69) is 14.9 Å². The molecule has 1 fully saturated rings. The van der Waals surface area contributed by atoms with Crippen molar-refractivity contribution in [1.82, 2.24) is 14.7 Å². The second kappa shape index (κ2) is 7.83. The maximum absolute atomic E-state index is 12.8. The number of hydrogen-bond acceptors (Lipinski definition) is 8. The lowest BCUT2D eigenvalue weighted by molar-refractivity contribution is 0.291. The van der Waals surface area contributed by atoms with E-state index in [4.69, 9.17) is 13.7 Å². The van der Waals surface area contributed by atoms with E-state index in [1.54, 1.807) is 24.3 Å². The SMILES string of the molecule is COc1ccc(NS(=O)(=O)c2ccc3c(c2)oc(=O)n3Cc2noc(C3CCC3)n2)cc1. The third-order valence-electron chi connectivity index (χ3n) is 5.53. The quantitative estimate of drug-likeness (QED) is 0.449. The van der Waals surface area contributed by atoms with E-state index in [0.29, 0.717) is 34.6 Å². The fourth-order valence-corrected chi connectivity index (χ4v) is 4.60. The lowest BCUT2D eigenvalue weighted by atomic mass is 9.85. The van der Waals surface area contributed by atoms with Crippen LogP contribution in [0.5, 0.6) is 5.75 Å². The Balaban J connectivity index is 1.40. The topological polar surface area (TPSA) is 129 Å². The van der Waals surface area contributed by atoms with Crippen molar-refractivity contribution < 1.29 is 22.1 Å². The van der Waals surface area contributed by atoms with E-state index in [1.165, 1.54) is 29.9 Å². The summed E-state index contributed by atoms with van der Waals surface area (Å²) in [4.78, 5) is 16.7.